The molecular formula is C21H22ClF3N2. The van der Waals surface area contributed by atoms with E-state index in [-0.39, 0.29) is 5.56 Å². The van der Waals surface area contributed by atoms with E-state index in [9.17, 15) is 13.2 Å². The summed E-state index contributed by atoms with van der Waals surface area (Å²) >= 11 is 5.89. The van der Waals surface area contributed by atoms with Crippen LogP contribution in [-0.2, 0) is 5.54 Å². The molecule has 2 aliphatic heterocycles. The first kappa shape index (κ1) is 19.7. The Labute approximate surface area is 162 Å². The van der Waals surface area contributed by atoms with E-state index in [0.717, 1.165) is 25.7 Å². The largest absolute Gasteiger partial charge is 0.421 e. The van der Waals surface area contributed by atoms with E-state index in [0.29, 0.717) is 23.0 Å². The molecule has 144 valence electrons. The second-order valence-electron chi connectivity index (χ2n) is 6.76. The minimum absolute atomic E-state index is 0.0700. The molecule has 1 aromatic rings. The van der Waals surface area contributed by atoms with E-state index in [4.69, 9.17) is 11.6 Å². The topological polar surface area (TPSA) is 15.6 Å². The van der Waals surface area contributed by atoms with Crippen LogP contribution in [0.25, 0.3) is 0 Å². The molecule has 6 heteroatoms. The molecule has 0 spiro atoms. The molecule has 0 aliphatic carbocycles. The predicted octanol–water partition coefficient (Wildman–Crippen LogP) is 6.75. The SMILES string of the molecule is CCCCCCC1=CC(c2ccc(Cl)cc2)(C(F)(F)F)N=C2C=CC=CN12. The Kier molecular flexibility index (Phi) is 5.80. The Hall–Kier alpha value is -2.01. The molecule has 27 heavy (non-hydrogen) atoms. The zero-order valence-electron chi connectivity index (χ0n) is 15.1. The number of hydrogen-bond acceptors (Lipinski definition) is 2. The van der Waals surface area contributed by atoms with Crippen LogP contribution < -0.4 is 0 Å². The average molecular weight is 395 g/mol. The maximum absolute atomic E-state index is 14.3. The molecule has 0 saturated heterocycles. The van der Waals surface area contributed by atoms with Gasteiger partial charge in [-0.25, -0.2) is 4.99 Å². The van der Waals surface area contributed by atoms with Crippen molar-refractivity contribution in [2.24, 2.45) is 4.99 Å². The van der Waals surface area contributed by atoms with Crippen molar-refractivity contribution in [1.29, 1.82) is 0 Å². The van der Waals surface area contributed by atoms with E-state index in [1.165, 1.54) is 30.3 Å². The average Bonchev–Trinajstić information content (AvgIpc) is 2.64. The monoisotopic (exact) mass is 394 g/mol. The fourth-order valence-corrected chi connectivity index (χ4v) is 3.50. The molecule has 2 heterocycles. The molecule has 0 aromatic heterocycles. The summed E-state index contributed by atoms with van der Waals surface area (Å²) in [4.78, 5) is 5.92. The van der Waals surface area contributed by atoms with Crippen molar-refractivity contribution in [3.8, 4) is 0 Å². The van der Waals surface area contributed by atoms with Crippen LogP contribution in [0.15, 0.2) is 65.5 Å². The van der Waals surface area contributed by atoms with Gasteiger partial charge in [0.05, 0.1) is 0 Å². The lowest BCUT2D eigenvalue weighted by Gasteiger charge is -2.39. The number of rotatable bonds is 6. The Morgan fingerprint density at radius 1 is 1.07 bits per heavy atom. The first-order chi connectivity index (χ1) is 12.9. The minimum Gasteiger partial charge on any atom is -0.306 e. The fraction of sp³-hybridized carbons (Fsp3) is 0.381. The smallest absolute Gasteiger partial charge is 0.306 e. The fourth-order valence-electron chi connectivity index (χ4n) is 3.38. The van der Waals surface area contributed by atoms with Crippen molar-refractivity contribution < 1.29 is 13.2 Å². The molecule has 0 fully saturated rings. The highest BCUT2D eigenvalue weighted by atomic mass is 35.5. The number of benzene rings is 1. The summed E-state index contributed by atoms with van der Waals surface area (Å²) in [6, 6.07) is 5.76. The van der Waals surface area contributed by atoms with Crippen molar-refractivity contribution in [2.75, 3.05) is 0 Å². The lowest BCUT2D eigenvalue weighted by Crippen LogP contribution is -2.45. The van der Waals surface area contributed by atoms with Crippen LogP contribution in [0.3, 0.4) is 0 Å². The van der Waals surface area contributed by atoms with E-state index in [1.807, 2.05) is 6.08 Å². The second-order valence-corrected chi connectivity index (χ2v) is 7.19. The van der Waals surface area contributed by atoms with Gasteiger partial charge in [0.25, 0.3) is 0 Å². The second kappa shape index (κ2) is 7.93. The number of aliphatic imine (C=N–C) groups is 1. The summed E-state index contributed by atoms with van der Waals surface area (Å²) in [5.41, 5.74) is -1.71. The highest BCUT2D eigenvalue weighted by Gasteiger charge is 2.57. The van der Waals surface area contributed by atoms with Crippen molar-refractivity contribution >= 4 is 17.4 Å². The highest BCUT2D eigenvalue weighted by Crippen LogP contribution is 2.47. The third-order valence-electron chi connectivity index (χ3n) is 4.82. The zero-order valence-corrected chi connectivity index (χ0v) is 15.9. The van der Waals surface area contributed by atoms with Gasteiger partial charge in [0.1, 0.15) is 5.84 Å². The maximum atomic E-state index is 14.3. The van der Waals surface area contributed by atoms with Gasteiger partial charge in [-0.15, -0.1) is 0 Å². The number of hydrogen-bond donors (Lipinski definition) is 0. The summed E-state index contributed by atoms with van der Waals surface area (Å²) in [5, 5.41) is 0.394. The molecular weight excluding hydrogens is 373 g/mol. The molecule has 0 N–H and O–H groups in total. The molecule has 0 saturated carbocycles. The number of amidine groups is 1. The number of halogens is 4. The Balaban J connectivity index is 2.07. The van der Waals surface area contributed by atoms with E-state index in [1.54, 1.807) is 23.3 Å². The minimum atomic E-state index is -4.57. The van der Waals surface area contributed by atoms with Crippen LogP contribution in [-0.4, -0.2) is 16.9 Å². The number of nitrogens with zero attached hydrogens (tertiary/aromatic N) is 2. The summed E-state index contributed by atoms with van der Waals surface area (Å²) in [5.74, 6) is 0.303. The van der Waals surface area contributed by atoms with E-state index >= 15 is 0 Å². The van der Waals surface area contributed by atoms with Gasteiger partial charge in [-0.2, -0.15) is 13.2 Å². The van der Waals surface area contributed by atoms with Gasteiger partial charge >= 0.3 is 6.18 Å². The molecule has 0 bridgehead atoms. The van der Waals surface area contributed by atoms with E-state index < -0.39 is 11.7 Å². The van der Waals surface area contributed by atoms with Crippen molar-refractivity contribution in [1.82, 2.24) is 4.90 Å². The van der Waals surface area contributed by atoms with Gasteiger partial charge in [-0.3, -0.25) is 0 Å². The molecule has 1 aromatic carbocycles. The Bertz CT molecular complexity index is 791. The third-order valence-corrected chi connectivity index (χ3v) is 5.07. The molecule has 2 aliphatic rings. The lowest BCUT2D eigenvalue weighted by atomic mass is 9.86. The van der Waals surface area contributed by atoms with Crippen LogP contribution in [0.2, 0.25) is 5.02 Å². The van der Waals surface area contributed by atoms with Crippen LogP contribution in [0, 0.1) is 0 Å². The van der Waals surface area contributed by atoms with Gasteiger partial charge < -0.3 is 4.90 Å². The number of fused-ring (bicyclic) bond motifs is 1. The van der Waals surface area contributed by atoms with Crippen LogP contribution >= 0.6 is 11.6 Å². The van der Waals surface area contributed by atoms with Crippen LogP contribution in [0.1, 0.15) is 44.6 Å². The molecule has 1 unspecified atom stereocenters. The number of alkyl halides is 3. The zero-order chi connectivity index (χ0) is 19.5. The van der Waals surface area contributed by atoms with Gasteiger partial charge in [0.15, 0.2) is 0 Å². The van der Waals surface area contributed by atoms with Gasteiger partial charge in [0.2, 0.25) is 5.54 Å². The Morgan fingerprint density at radius 3 is 2.48 bits per heavy atom. The normalized spacial score (nSPS) is 21.7. The van der Waals surface area contributed by atoms with Gasteiger partial charge in [0, 0.05) is 16.9 Å². The predicted molar refractivity (Wildman–Crippen MR) is 104 cm³/mol. The quantitative estimate of drug-likeness (QED) is 0.487. The molecule has 1 atom stereocenters. The lowest BCUT2D eigenvalue weighted by molar-refractivity contribution is -0.174. The highest BCUT2D eigenvalue weighted by molar-refractivity contribution is 6.30. The molecule has 2 nitrogen and oxygen atoms in total. The van der Waals surface area contributed by atoms with Crippen molar-refractivity contribution in [3.63, 3.8) is 0 Å². The first-order valence-corrected chi connectivity index (χ1v) is 9.53. The number of allylic oxidation sites excluding steroid dienone is 3. The standard InChI is InChI=1S/C21H22ClF3N2/c1-2-3-4-5-8-18-15-20(21(23,24)25,16-10-12-17(22)13-11-16)26-19-9-6-7-14-27(18)19/h6-7,9-15H,2-5,8H2,1H3. The molecule has 0 radical (unpaired) electrons. The summed E-state index contributed by atoms with van der Waals surface area (Å²) in [7, 11) is 0. The summed E-state index contributed by atoms with van der Waals surface area (Å²) in [6.07, 6.45) is 8.17. The van der Waals surface area contributed by atoms with Crippen molar-refractivity contribution in [3.05, 3.63) is 71.1 Å². The molecule has 0 amide bonds. The summed E-state index contributed by atoms with van der Waals surface area (Å²) in [6.45, 7) is 2.11. The number of unbranched alkanes of at least 4 members (excludes halogenated alkanes) is 3. The first-order valence-electron chi connectivity index (χ1n) is 9.16. The summed E-state index contributed by atoms with van der Waals surface area (Å²) < 4.78 is 42.9. The van der Waals surface area contributed by atoms with Crippen LogP contribution in [0.5, 0.6) is 0 Å². The van der Waals surface area contributed by atoms with Gasteiger partial charge in [-0.1, -0.05) is 56.0 Å². The Morgan fingerprint density at radius 2 is 1.81 bits per heavy atom. The van der Waals surface area contributed by atoms with Gasteiger partial charge in [-0.05, 0) is 48.8 Å². The molecule has 3 rings (SSSR count). The van der Waals surface area contributed by atoms with E-state index in [2.05, 4.69) is 11.9 Å². The van der Waals surface area contributed by atoms with Crippen molar-refractivity contribution in [2.45, 2.75) is 50.7 Å². The van der Waals surface area contributed by atoms with Crippen LogP contribution in [0.4, 0.5) is 13.2 Å². The third kappa shape index (κ3) is 3.98. The maximum Gasteiger partial charge on any atom is 0.421 e.